The molecule has 1 fully saturated rings. The Labute approximate surface area is 267 Å². The van der Waals surface area contributed by atoms with Crippen molar-refractivity contribution in [1.29, 1.82) is 0 Å². The highest BCUT2D eigenvalue weighted by Crippen LogP contribution is 2.52. The molecule has 2 aromatic carbocycles. The number of aliphatic imine (C=N–C) groups is 1. The molecule has 1 aliphatic heterocycles. The standard InChI is InChI=1S/C34H42N2O10/c1-6-11-36(12-7-2)16-35-21-13-24(45-17(3)29(21)38)46-23-15-34(43,18(4)37)14-20-26(23)33(42)28-27(31(20)40)30(39)19-9-8-10-22(44-5)25(19)32(28)41/h8-10,16-17,21,23-24,29,38,40,42-43H,6-7,11-15H2,1-5H3/t17?,21-,23-,24?,29?,34?/m0/s1. The Morgan fingerprint density at radius 3 is 2.41 bits per heavy atom. The normalized spacial score (nSPS) is 27.2. The van der Waals surface area contributed by atoms with E-state index in [4.69, 9.17) is 14.2 Å². The number of carbonyl (C=O) groups excluding carboxylic acids is 3. The number of hydrogen-bond acceptors (Lipinski definition) is 11. The number of rotatable bonds is 10. The molecule has 0 aromatic heterocycles. The number of ketones is 3. The van der Waals surface area contributed by atoms with Gasteiger partial charge in [-0.15, -0.1) is 0 Å². The zero-order valence-electron chi connectivity index (χ0n) is 26.8. The first-order valence-electron chi connectivity index (χ1n) is 15.7. The van der Waals surface area contributed by atoms with Gasteiger partial charge in [-0.2, -0.15) is 0 Å². The van der Waals surface area contributed by atoms with Crippen molar-refractivity contribution in [2.24, 2.45) is 4.99 Å². The number of fused-ring (bicyclic) bond motifs is 3. The van der Waals surface area contributed by atoms with Gasteiger partial charge in [0, 0.05) is 49.0 Å². The molecule has 4 unspecified atom stereocenters. The zero-order valence-corrected chi connectivity index (χ0v) is 26.8. The molecule has 2 aromatic rings. The zero-order chi connectivity index (χ0) is 33.5. The van der Waals surface area contributed by atoms with Crippen LogP contribution in [0.2, 0.25) is 0 Å². The first-order valence-corrected chi connectivity index (χ1v) is 15.7. The van der Waals surface area contributed by atoms with E-state index in [2.05, 4.69) is 23.7 Å². The minimum Gasteiger partial charge on any atom is -0.507 e. The van der Waals surface area contributed by atoms with Crippen LogP contribution in [0.25, 0.3) is 0 Å². The van der Waals surface area contributed by atoms with E-state index in [1.54, 1.807) is 13.3 Å². The van der Waals surface area contributed by atoms with Crippen LogP contribution >= 0.6 is 0 Å². The van der Waals surface area contributed by atoms with E-state index >= 15 is 0 Å². The Balaban J connectivity index is 1.56. The van der Waals surface area contributed by atoms with Crippen molar-refractivity contribution >= 4 is 23.7 Å². The molecule has 4 N–H and O–H groups in total. The molecule has 6 atom stereocenters. The van der Waals surface area contributed by atoms with Crippen LogP contribution in [0.1, 0.15) is 102 Å². The number of aliphatic hydroxyl groups excluding tert-OH is 1. The molecule has 1 saturated heterocycles. The first kappa shape index (κ1) is 33.5. The molecule has 0 radical (unpaired) electrons. The summed E-state index contributed by atoms with van der Waals surface area (Å²) < 4.78 is 17.6. The van der Waals surface area contributed by atoms with E-state index in [0.717, 1.165) is 25.9 Å². The summed E-state index contributed by atoms with van der Waals surface area (Å²) in [5.74, 6) is -3.14. The summed E-state index contributed by atoms with van der Waals surface area (Å²) in [5.41, 5.74) is -3.02. The van der Waals surface area contributed by atoms with E-state index < -0.39 is 82.6 Å². The van der Waals surface area contributed by atoms with Gasteiger partial charge in [-0.25, -0.2) is 0 Å². The van der Waals surface area contributed by atoms with Crippen LogP contribution in [-0.4, -0.2) is 99.4 Å². The summed E-state index contributed by atoms with van der Waals surface area (Å²) in [5, 5.41) is 45.6. The number of methoxy groups -OCH3 is 1. The summed E-state index contributed by atoms with van der Waals surface area (Å²) in [6.07, 6.45) is -0.938. The lowest BCUT2D eigenvalue weighted by atomic mass is 9.72. The Bertz CT molecular complexity index is 1570. The van der Waals surface area contributed by atoms with Gasteiger partial charge in [-0.3, -0.25) is 19.4 Å². The predicted octanol–water partition coefficient (Wildman–Crippen LogP) is 3.22. The van der Waals surface area contributed by atoms with Gasteiger partial charge in [0.2, 0.25) is 5.78 Å². The molecule has 12 heteroatoms. The van der Waals surface area contributed by atoms with Gasteiger partial charge >= 0.3 is 0 Å². The number of ether oxygens (including phenoxy) is 3. The van der Waals surface area contributed by atoms with Crippen LogP contribution in [0.3, 0.4) is 0 Å². The minimum atomic E-state index is -2.02. The Morgan fingerprint density at radius 1 is 1.11 bits per heavy atom. The maximum Gasteiger partial charge on any atom is 0.202 e. The van der Waals surface area contributed by atoms with Crippen molar-refractivity contribution < 1.29 is 49.0 Å². The maximum absolute atomic E-state index is 13.8. The third-order valence-electron chi connectivity index (χ3n) is 9.17. The topological polar surface area (TPSA) is 175 Å². The minimum absolute atomic E-state index is 0.0110. The fraction of sp³-hybridized carbons (Fsp3) is 0.529. The highest BCUT2D eigenvalue weighted by Gasteiger charge is 2.49. The summed E-state index contributed by atoms with van der Waals surface area (Å²) in [6.45, 7) is 8.62. The van der Waals surface area contributed by atoms with Crippen molar-refractivity contribution in [3.63, 3.8) is 0 Å². The highest BCUT2D eigenvalue weighted by molar-refractivity contribution is 6.31. The Morgan fingerprint density at radius 2 is 1.78 bits per heavy atom. The largest absolute Gasteiger partial charge is 0.507 e. The second kappa shape index (κ2) is 13.1. The van der Waals surface area contributed by atoms with E-state index in [0.29, 0.717) is 0 Å². The Kier molecular flexibility index (Phi) is 9.55. The number of aromatic hydroxyl groups is 2. The van der Waals surface area contributed by atoms with Gasteiger partial charge in [0.1, 0.15) is 29.0 Å². The van der Waals surface area contributed by atoms with Gasteiger partial charge < -0.3 is 39.5 Å². The van der Waals surface area contributed by atoms with Crippen molar-refractivity contribution in [2.45, 2.75) is 96.0 Å². The summed E-state index contributed by atoms with van der Waals surface area (Å²) in [6, 6.07) is 3.87. The quantitative estimate of drug-likeness (QED) is 0.146. The van der Waals surface area contributed by atoms with Crippen molar-refractivity contribution in [3.05, 3.63) is 51.6 Å². The highest BCUT2D eigenvalue weighted by atomic mass is 16.7. The number of carbonyl (C=O) groups is 3. The second-order valence-electron chi connectivity index (χ2n) is 12.3. The summed E-state index contributed by atoms with van der Waals surface area (Å²) in [4.78, 5) is 47.0. The molecule has 0 amide bonds. The van der Waals surface area contributed by atoms with Crippen molar-refractivity contribution in [1.82, 2.24) is 4.90 Å². The van der Waals surface area contributed by atoms with Crippen LogP contribution in [0.4, 0.5) is 0 Å². The molecule has 5 rings (SSSR count). The monoisotopic (exact) mass is 638 g/mol. The molecule has 0 bridgehead atoms. The third kappa shape index (κ3) is 5.79. The Hall–Kier alpha value is -3.84. The lowest BCUT2D eigenvalue weighted by molar-refractivity contribution is -0.246. The van der Waals surface area contributed by atoms with E-state index in [1.165, 1.54) is 32.2 Å². The van der Waals surface area contributed by atoms with Crippen LogP contribution in [-0.2, 0) is 20.7 Å². The fourth-order valence-corrected chi connectivity index (χ4v) is 6.73. The van der Waals surface area contributed by atoms with Gasteiger partial charge in [-0.05, 0) is 32.8 Å². The first-order chi connectivity index (χ1) is 21.9. The van der Waals surface area contributed by atoms with Crippen molar-refractivity contribution in [3.8, 4) is 17.2 Å². The number of phenols is 2. The van der Waals surface area contributed by atoms with Crippen molar-refractivity contribution in [2.75, 3.05) is 20.2 Å². The van der Waals surface area contributed by atoms with E-state index in [1.807, 2.05) is 0 Å². The van der Waals surface area contributed by atoms with Gasteiger partial charge in [0.15, 0.2) is 17.9 Å². The molecule has 0 saturated carbocycles. The molecular formula is C34H42N2O10. The third-order valence-corrected chi connectivity index (χ3v) is 9.17. The molecule has 0 spiro atoms. The number of Topliss-reactive ketones (excluding diaryl/α,β-unsaturated/α-hetero) is 1. The molecule has 46 heavy (non-hydrogen) atoms. The number of nitrogens with zero attached hydrogens (tertiary/aromatic N) is 2. The predicted molar refractivity (Wildman–Crippen MR) is 167 cm³/mol. The fourth-order valence-electron chi connectivity index (χ4n) is 6.73. The SMILES string of the molecule is CCCN(C=N[C@H]1CC(O[C@H]2CC(O)(C(C)=O)Cc3c(O)c4c(c(O)c32)C(=O)c2c(OC)cccc2C4=O)OC(C)C1O)CCC. The van der Waals surface area contributed by atoms with Crippen LogP contribution < -0.4 is 4.74 Å². The lowest BCUT2D eigenvalue weighted by Gasteiger charge is -2.42. The van der Waals surface area contributed by atoms with E-state index in [9.17, 15) is 34.8 Å². The van der Waals surface area contributed by atoms with Gasteiger partial charge in [0.05, 0.1) is 48.4 Å². The summed E-state index contributed by atoms with van der Waals surface area (Å²) in [7, 11) is 1.35. The number of hydrogen-bond donors (Lipinski definition) is 4. The molecule has 248 valence electrons. The molecular weight excluding hydrogens is 596 g/mol. The van der Waals surface area contributed by atoms with Crippen LogP contribution in [0.15, 0.2) is 23.2 Å². The van der Waals surface area contributed by atoms with Crippen LogP contribution in [0, 0.1) is 0 Å². The average Bonchev–Trinajstić information content (AvgIpc) is 3.01. The number of benzene rings is 2. The molecule has 12 nitrogen and oxygen atoms in total. The number of phenolic OH excluding ortho intramolecular Hbond substituents is 2. The van der Waals surface area contributed by atoms with Gasteiger partial charge in [0.25, 0.3) is 0 Å². The second-order valence-corrected chi connectivity index (χ2v) is 12.3. The van der Waals surface area contributed by atoms with Crippen LogP contribution in [0.5, 0.6) is 17.2 Å². The summed E-state index contributed by atoms with van der Waals surface area (Å²) >= 11 is 0. The lowest BCUT2D eigenvalue weighted by Crippen LogP contribution is -2.49. The smallest absolute Gasteiger partial charge is 0.202 e. The van der Waals surface area contributed by atoms with E-state index in [-0.39, 0.29) is 40.8 Å². The molecule has 1 heterocycles. The maximum atomic E-state index is 13.8. The molecule has 3 aliphatic rings. The average molecular weight is 639 g/mol. The molecule has 2 aliphatic carbocycles. The number of aliphatic hydroxyl groups is 2. The van der Waals surface area contributed by atoms with Gasteiger partial charge in [-0.1, -0.05) is 26.0 Å².